The number of benzene rings is 1. The highest BCUT2D eigenvalue weighted by atomic mass is 14.0. The van der Waals surface area contributed by atoms with Gasteiger partial charge in [-0.1, -0.05) is 50.3 Å². The van der Waals surface area contributed by atoms with Crippen LogP contribution in [0.1, 0.15) is 31.9 Å². The highest BCUT2D eigenvalue weighted by Gasteiger charge is 1.94. The molecule has 0 saturated carbocycles. The third kappa shape index (κ3) is 9.01. The van der Waals surface area contributed by atoms with Crippen molar-refractivity contribution in [3.8, 4) is 0 Å². The van der Waals surface area contributed by atoms with Gasteiger partial charge in [0.25, 0.3) is 0 Å². The van der Waals surface area contributed by atoms with Crippen LogP contribution in [0.4, 0.5) is 0 Å². The van der Waals surface area contributed by atoms with Gasteiger partial charge in [0.1, 0.15) is 0 Å². The van der Waals surface area contributed by atoms with Crippen LogP contribution in [0.25, 0.3) is 5.57 Å². The number of allylic oxidation sites excluding steroid dienone is 1. The lowest BCUT2D eigenvalue weighted by atomic mass is 10.0. The van der Waals surface area contributed by atoms with Gasteiger partial charge >= 0.3 is 0 Å². The molecule has 0 aromatic heterocycles. The predicted molar refractivity (Wildman–Crippen MR) is 79.7 cm³/mol. The molecule has 0 spiro atoms. The second-order valence-electron chi connectivity index (χ2n) is 2.60. The van der Waals surface area contributed by atoms with E-state index in [2.05, 4.69) is 52.0 Å². The van der Waals surface area contributed by atoms with E-state index in [9.17, 15) is 0 Å². The highest BCUT2D eigenvalue weighted by molar-refractivity contribution is 5.63. The summed E-state index contributed by atoms with van der Waals surface area (Å²) in [4.78, 5) is 0. The fraction of sp³-hybridized carbons (Fsp3) is 0.250. The number of rotatable bonds is 1. The van der Waals surface area contributed by atoms with E-state index in [1.165, 1.54) is 11.1 Å². The average molecular weight is 218 g/mol. The van der Waals surface area contributed by atoms with Gasteiger partial charge in [0, 0.05) is 0 Å². The van der Waals surface area contributed by atoms with Gasteiger partial charge in [-0.3, -0.25) is 0 Å². The van der Waals surface area contributed by atoms with E-state index in [0.29, 0.717) is 0 Å². The molecule has 0 aliphatic carbocycles. The lowest BCUT2D eigenvalue weighted by molar-refractivity contribution is 1.41. The Morgan fingerprint density at radius 3 is 1.56 bits per heavy atom. The Bertz CT molecular complexity index is 269. The Labute approximate surface area is 102 Å². The summed E-state index contributed by atoms with van der Waals surface area (Å²) >= 11 is 0. The lowest BCUT2D eigenvalue weighted by Crippen LogP contribution is -1.81. The van der Waals surface area contributed by atoms with E-state index in [-0.39, 0.29) is 0 Å². The quantitative estimate of drug-likeness (QED) is 0.534. The number of aryl methyl sites for hydroxylation is 1. The zero-order valence-electron chi connectivity index (χ0n) is 11.3. The lowest BCUT2D eigenvalue weighted by Gasteiger charge is -2.02. The molecule has 1 aromatic carbocycles. The summed E-state index contributed by atoms with van der Waals surface area (Å²) in [7, 11) is 0. The van der Waals surface area contributed by atoms with E-state index in [0.717, 1.165) is 5.57 Å². The molecule has 0 bridgehead atoms. The Morgan fingerprint density at radius 2 is 1.31 bits per heavy atom. The molecule has 1 rings (SSSR count). The topological polar surface area (TPSA) is 0 Å². The summed E-state index contributed by atoms with van der Waals surface area (Å²) < 4.78 is 0. The Morgan fingerprint density at radius 1 is 0.938 bits per heavy atom. The molecule has 0 N–H and O–H groups in total. The maximum Gasteiger partial charge on any atom is -0.0204 e. The summed E-state index contributed by atoms with van der Waals surface area (Å²) in [5.41, 5.74) is 3.70. The van der Waals surface area contributed by atoms with Crippen molar-refractivity contribution in [1.82, 2.24) is 0 Å². The number of hydrogen-bond donors (Lipinski definition) is 0. The SMILES string of the molecule is C=C.C=C.C=C(C)c1ccccc1C.CC. The van der Waals surface area contributed by atoms with E-state index < -0.39 is 0 Å². The largest absolute Gasteiger partial charge is 0.106 e. The van der Waals surface area contributed by atoms with E-state index in [1.54, 1.807) is 0 Å². The minimum absolute atomic E-state index is 1.14. The first-order chi connectivity index (χ1) is 7.72. The van der Waals surface area contributed by atoms with Crippen molar-refractivity contribution in [2.45, 2.75) is 27.7 Å². The van der Waals surface area contributed by atoms with Crippen LogP contribution in [0.2, 0.25) is 0 Å². The van der Waals surface area contributed by atoms with Crippen LogP contribution in [-0.4, -0.2) is 0 Å². The minimum atomic E-state index is 1.14. The fourth-order valence-electron chi connectivity index (χ4n) is 1.05. The summed E-state index contributed by atoms with van der Waals surface area (Å²) in [5.74, 6) is 0. The Hall–Kier alpha value is -1.56. The van der Waals surface area contributed by atoms with Crippen molar-refractivity contribution < 1.29 is 0 Å². The first-order valence-electron chi connectivity index (χ1n) is 5.43. The van der Waals surface area contributed by atoms with Gasteiger partial charge in [-0.05, 0) is 25.0 Å². The molecule has 0 heteroatoms. The third-order valence-electron chi connectivity index (χ3n) is 1.60. The zero-order chi connectivity index (χ0) is 13.6. The third-order valence-corrected chi connectivity index (χ3v) is 1.60. The first-order valence-corrected chi connectivity index (χ1v) is 5.43. The van der Waals surface area contributed by atoms with Crippen molar-refractivity contribution >= 4 is 5.57 Å². The van der Waals surface area contributed by atoms with E-state index in [4.69, 9.17) is 0 Å². The summed E-state index contributed by atoms with van der Waals surface area (Å²) in [5, 5.41) is 0. The predicted octanol–water partition coefficient (Wildman–Crippen LogP) is 5.66. The van der Waals surface area contributed by atoms with Crippen molar-refractivity contribution in [2.75, 3.05) is 0 Å². The molecular weight excluding hydrogens is 192 g/mol. The van der Waals surface area contributed by atoms with Gasteiger partial charge in [-0.15, -0.1) is 26.3 Å². The average Bonchev–Trinajstić information content (AvgIpc) is 2.37. The molecule has 0 heterocycles. The molecule has 0 unspecified atom stereocenters. The van der Waals surface area contributed by atoms with Crippen LogP contribution < -0.4 is 0 Å². The van der Waals surface area contributed by atoms with Crippen LogP contribution in [0, 0.1) is 6.92 Å². The van der Waals surface area contributed by atoms with Gasteiger partial charge in [-0.2, -0.15) is 0 Å². The van der Waals surface area contributed by atoms with Gasteiger partial charge in [-0.25, -0.2) is 0 Å². The normalized spacial score (nSPS) is 6.75. The van der Waals surface area contributed by atoms with Gasteiger partial charge in [0.15, 0.2) is 0 Å². The first kappa shape index (κ1) is 19.9. The Balaban J connectivity index is -0.000000245. The molecule has 90 valence electrons. The maximum atomic E-state index is 3.89. The standard InChI is InChI=1S/C10H12.C2H6.2C2H4/c1-8(2)10-7-5-4-6-9(10)3;3*1-2/h4-7H,1H2,2-3H3;1-2H3;2*1-2H2. The number of hydrogen-bond acceptors (Lipinski definition) is 0. The molecular formula is C16H26. The molecule has 0 aliphatic rings. The van der Waals surface area contributed by atoms with Crippen molar-refractivity contribution in [2.24, 2.45) is 0 Å². The second kappa shape index (κ2) is 15.9. The van der Waals surface area contributed by atoms with Crippen molar-refractivity contribution in [3.05, 3.63) is 68.3 Å². The van der Waals surface area contributed by atoms with Gasteiger partial charge < -0.3 is 0 Å². The van der Waals surface area contributed by atoms with E-state index >= 15 is 0 Å². The minimum Gasteiger partial charge on any atom is -0.106 e. The highest BCUT2D eigenvalue weighted by Crippen LogP contribution is 2.14. The second-order valence-corrected chi connectivity index (χ2v) is 2.60. The molecule has 16 heavy (non-hydrogen) atoms. The van der Waals surface area contributed by atoms with E-state index in [1.807, 2.05) is 32.9 Å². The van der Waals surface area contributed by atoms with Gasteiger partial charge in [0.05, 0.1) is 0 Å². The molecule has 0 aliphatic heterocycles. The molecule has 0 atom stereocenters. The summed E-state index contributed by atoms with van der Waals surface area (Å²) in [6.45, 7) is 24.0. The fourth-order valence-corrected chi connectivity index (χ4v) is 1.05. The van der Waals surface area contributed by atoms with Crippen LogP contribution >= 0.6 is 0 Å². The maximum absolute atomic E-state index is 3.89. The van der Waals surface area contributed by atoms with Crippen LogP contribution in [0.3, 0.4) is 0 Å². The summed E-state index contributed by atoms with van der Waals surface area (Å²) in [6.07, 6.45) is 0. The monoisotopic (exact) mass is 218 g/mol. The summed E-state index contributed by atoms with van der Waals surface area (Å²) in [6, 6.07) is 8.28. The zero-order valence-corrected chi connectivity index (χ0v) is 11.3. The molecule has 0 fully saturated rings. The molecule has 0 amide bonds. The van der Waals surface area contributed by atoms with Crippen molar-refractivity contribution in [3.63, 3.8) is 0 Å². The van der Waals surface area contributed by atoms with Gasteiger partial charge in [0.2, 0.25) is 0 Å². The van der Waals surface area contributed by atoms with Crippen LogP contribution in [0.5, 0.6) is 0 Å². The molecule has 0 nitrogen and oxygen atoms in total. The van der Waals surface area contributed by atoms with Crippen LogP contribution in [-0.2, 0) is 0 Å². The molecule has 0 radical (unpaired) electrons. The Kier molecular flexibility index (Phi) is 19.8. The van der Waals surface area contributed by atoms with Crippen molar-refractivity contribution in [1.29, 1.82) is 0 Å². The molecule has 1 aromatic rings. The smallest absolute Gasteiger partial charge is 0.0204 e. The van der Waals surface area contributed by atoms with Crippen LogP contribution in [0.15, 0.2) is 57.2 Å². The molecule has 0 saturated heterocycles.